The Morgan fingerprint density at radius 1 is 0.980 bits per heavy atom. The first-order valence-corrected chi connectivity index (χ1v) is 16.3. The van der Waals surface area contributed by atoms with Crippen LogP contribution in [-0.4, -0.2) is 76.3 Å². The number of rotatable bonds is 15. The lowest BCUT2D eigenvalue weighted by atomic mass is 10.1. The number of aliphatic imine (C=N–C) groups is 1. The van der Waals surface area contributed by atoms with E-state index in [-0.39, 0.29) is 35.7 Å². The van der Waals surface area contributed by atoms with E-state index in [0.29, 0.717) is 53.1 Å². The smallest absolute Gasteiger partial charge is 0.256 e. The molecule has 49 heavy (non-hydrogen) atoms. The zero-order chi connectivity index (χ0) is 34.2. The van der Waals surface area contributed by atoms with E-state index in [1.54, 1.807) is 61.4 Å². The average molecular weight is 666 g/mol. The number of hydrogen-bond donors (Lipinski definition) is 1. The van der Waals surface area contributed by atoms with Crippen LogP contribution in [0.2, 0.25) is 0 Å². The number of allylic oxidation sites excluding steroid dienone is 1. The number of aromatic nitrogens is 3. The number of para-hydroxylation sites is 1. The number of ketones is 1. The largest absolute Gasteiger partial charge is 0.507 e. The monoisotopic (exact) mass is 665 g/mol. The number of benzene rings is 3. The number of phenols is 1. The van der Waals surface area contributed by atoms with Crippen molar-refractivity contribution < 1.29 is 33.6 Å². The van der Waals surface area contributed by atoms with E-state index in [4.69, 9.17) is 18.9 Å². The molecule has 3 aromatic carbocycles. The Morgan fingerprint density at radius 3 is 2.65 bits per heavy atom. The van der Waals surface area contributed by atoms with Gasteiger partial charge in [-0.3, -0.25) is 19.3 Å². The van der Waals surface area contributed by atoms with Crippen molar-refractivity contribution >= 4 is 29.7 Å². The van der Waals surface area contributed by atoms with Crippen molar-refractivity contribution in [2.75, 3.05) is 27.4 Å². The first-order valence-electron chi connectivity index (χ1n) is 16.3. The van der Waals surface area contributed by atoms with Crippen LogP contribution in [0.15, 0.2) is 71.9 Å². The van der Waals surface area contributed by atoms with Gasteiger partial charge in [-0.15, -0.1) is 5.10 Å². The van der Waals surface area contributed by atoms with Crippen molar-refractivity contribution in [3.63, 3.8) is 0 Å². The van der Waals surface area contributed by atoms with Crippen LogP contribution in [0.3, 0.4) is 0 Å². The molecule has 0 saturated carbocycles. The van der Waals surface area contributed by atoms with Gasteiger partial charge in [0.25, 0.3) is 5.91 Å². The van der Waals surface area contributed by atoms with Gasteiger partial charge in [0.05, 0.1) is 49.9 Å². The van der Waals surface area contributed by atoms with E-state index in [0.717, 1.165) is 44.2 Å². The molecular formula is C37H39N5O7. The summed E-state index contributed by atoms with van der Waals surface area (Å²) in [5.41, 5.74) is 2.79. The highest BCUT2D eigenvalue weighted by molar-refractivity contribution is 6.08. The number of ether oxygens (including phenoxy) is 4. The van der Waals surface area contributed by atoms with Crippen molar-refractivity contribution in [2.45, 2.75) is 51.3 Å². The lowest BCUT2D eigenvalue weighted by molar-refractivity contribution is 0.0774. The number of phenolic OH excluding ortho intramolecular Hbond substituents is 1. The predicted molar refractivity (Wildman–Crippen MR) is 183 cm³/mol. The predicted octanol–water partition coefficient (Wildman–Crippen LogP) is 6.05. The number of unbranched alkanes of at least 4 members (excludes halogenated alkanes) is 2. The Balaban J connectivity index is 0.941. The number of hydrogen-bond acceptors (Lipinski definition) is 10. The third kappa shape index (κ3) is 7.91. The molecule has 12 heteroatoms. The summed E-state index contributed by atoms with van der Waals surface area (Å²) in [6, 6.07) is 15.4. The summed E-state index contributed by atoms with van der Waals surface area (Å²) in [6.45, 7) is 2.15. The molecule has 1 fully saturated rings. The summed E-state index contributed by atoms with van der Waals surface area (Å²) in [5.74, 6) is 1.78. The number of fused-ring (bicyclic) bond motifs is 2. The fourth-order valence-electron chi connectivity index (χ4n) is 5.87. The second-order valence-electron chi connectivity index (χ2n) is 11.8. The van der Waals surface area contributed by atoms with Crippen LogP contribution in [0.4, 0.5) is 5.69 Å². The van der Waals surface area contributed by atoms with Gasteiger partial charge in [-0.05, 0) is 74.1 Å². The van der Waals surface area contributed by atoms with Crippen molar-refractivity contribution in [2.24, 2.45) is 4.99 Å². The van der Waals surface area contributed by atoms with E-state index in [9.17, 15) is 14.7 Å². The lowest BCUT2D eigenvalue weighted by Crippen LogP contribution is -2.35. The highest BCUT2D eigenvalue weighted by atomic mass is 16.5. The summed E-state index contributed by atoms with van der Waals surface area (Å²) in [4.78, 5) is 32.0. The lowest BCUT2D eigenvalue weighted by Gasteiger charge is -2.20. The van der Waals surface area contributed by atoms with Crippen LogP contribution in [0, 0.1) is 0 Å². The molecule has 2 aliphatic rings. The fraction of sp³-hybridized carbons (Fsp3) is 0.324. The molecular weight excluding hydrogens is 626 g/mol. The molecule has 1 atom stereocenters. The summed E-state index contributed by atoms with van der Waals surface area (Å²) in [6.07, 6.45) is 11.4. The minimum atomic E-state index is -0.288. The van der Waals surface area contributed by atoms with E-state index < -0.39 is 0 Å². The molecule has 2 aliphatic heterocycles. The molecule has 1 aromatic heterocycles. The van der Waals surface area contributed by atoms with E-state index in [1.165, 1.54) is 12.1 Å². The Morgan fingerprint density at radius 2 is 1.82 bits per heavy atom. The quantitative estimate of drug-likeness (QED) is 0.0914. The van der Waals surface area contributed by atoms with E-state index in [2.05, 4.69) is 15.3 Å². The van der Waals surface area contributed by atoms with E-state index in [1.807, 2.05) is 29.4 Å². The summed E-state index contributed by atoms with van der Waals surface area (Å²) in [5, 5.41) is 18.4. The minimum absolute atomic E-state index is 0.0329. The van der Waals surface area contributed by atoms with Gasteiger partial charge in [-0.25, -0.2) is 0 Å². The number of aryl methyl sites for hydroxylation is 1. The van der Waals surface area contributed by atoms with Gasteiger partial charge in [-0.1, -0.05) is 29.5 Å². The Hall–Kier alpha value is -5.65. The number of carbonyl (C=O) groups excluding carboxylic acids is 2. The Bertz CT molecular complexity index is 1870. The molecule has 254 valence electrons. The maximum absolute atomic E-state index is 13.1. The van der Waals surface area contributed by atoms with Crippen LogP contribution in [-0.2, 0) is 13.2 Å². The number of aromatic hydroxyl groups is 1. The highest BCUT2D eigenvalue weighted by Gasteiger charge is 2.32. The van der Waals surface area contributed by atoms with Crippen LogP contribution < -0.4 is 18.9 Å². The molecule has 0 radical (unpaired) electrons. The summed E-state index contributed by atoms with van der Waals surface area (Å²) < 4.78 is 24.9. The zero-order valence-corrected chi connectivity index (χ0v) is 27.6. The molecule has 0 spiro atoms. The normalized spacial score (nSPS) is 15.2. The molecule has 4 aromatic rings. The van der Waals surface area contributed by atoms with Crippen LogP contribution >= 0.6 is 0 Å². The zero-order valence-electron chi connectivity index (χ0n) is 27.6. The second-order valence-corrected chi connectivity index (χ2v) is 11.8. The van der Waals surface area contributed by atoms with Crippen molar-refractivity contribution in [3.8, 4) is 28.7 Å². The maximum atomic E-state index is 13.1. The van der Waals surface area contributed by atoms with Gasteiger partial charge in [0.15, 0.2) is 28.8 Å². The van der Waals surface area contributed by atoms with Gasteiger partial charge in [0.1, 0.15) is 18.1 Å². The van der Waals surface area contributed by atoms with Gasteiger partial charge in [0.2, 0.25) is 0 Å². The highest BCUT2D eigenvalue weighted by Crippen LogP contribution is 2.38. The third-order valence-corrected chi connectivity index (χ3v) is 8.49. The van der Waals surface area contributed by atoms with Gasteiger partial charge in [-0.2, -0.15) is 0 Å². The third-order valence-electron chi connectivity index (χ3n) is 8.49. The van der Waals surface area contributed by atoms with Crippen molar-refractivity contribution in [3.05, 3.63) is 89.3 Å². The molecule has 0 aliphatic carbocycles. The van der Waals surface area contributed by atoms with Crippen molar-refractivity contribution in [1.82, 2.24) is 19.9 Å². The molecule has 1 N–H and O–H groups in total. The van der Waals surface area contributed by atoms with Gasteiger partial charge >= 0.3 is 0 Å². The molecule has 1 amide bonds. The topological polar surface area (TPSA) is 138 Å². The first-order chi connectivity index (χ1) is 23.9. The second kappa shape index (κ2) is 15.5. The first kappa shape index (κ1) is 33.3. The number of nitrogens with zero attached hydrogens (tertiary/aromatic N) is 5. The van der Waals surface area contributed by atoms with E-state index >= 15 is 0 Å². The number of carbonyl (C=O) groups is 2. The molecule has 12 nitrogen and oxygen atoms in total. The average Bonchev–Trinajstić information content (AvgIpc) is 3.77. The molecule has 6 rings (SSSR count). The summed E-state index contributed by atoms with van der Waals surface area (Å²) >= 11 is 0. The standard InChI is InChI=1S/C37H39N5O7/c1-46-34-19-25(12-14-32(44)28-10-4-5-11-31(28)43)13-15-33(34)48-18-7-3-6-16-41-23-26(39-40-41)24-49-36-21-30-29(20-35(36)47-2)37(45)42-17-8-9-27(42)22-38-30/h4-5,10-15,19-23,27,43H,3,6-9,16-18,24H2,1-2H3/b14-12+/t27-/m0/s1. The van der Waals surface area contributed by atoms with Crippen LogP contribution in [0.1, 0.15) is 64.1 Å². The van der Waals surface area contributed by atoms with Gasteiger partial charge < -0.3 is 29.0 Å². The van der Waals surface area contributed by atoms with Crippen molar-refractivity contribution in [1.29, 1.82) is 0 Å². The van der Waals surface area contributed by atoms with Crippen LogP contribution in [0.25, 0.3) is 6.08 Å². The Labute approximate surface area is 284 Å². The molecule has 0 bridgehead atoms. The fourth-order valence-corrected chi connectivity index (χ4v) is 5.87. The number of amides is 1. The Kier molecular flexibility index (Phi) is 10.5. The van der Waals surface area contributed by atoms with Crippen LogP contribution in [0.5, 0.6) is 28.7 Å². The molecule has 0 unspecified atom stereocenters. The molecule has 1 saturated heterocycles. The maximum Gasteiger partial charge on any atom is 0.256 e. The minimum Gasteiger partial charge on any atom is -0.507 e. The molecule has 3 heterocycles. The summed E-state index contributed by atoms with van der Waals surface area (Å²) in [7, 11) is 3.12. The SMILES string of the molecule is COc1cc(/C=C/C(=O)c2ccccc2O)ccc1OCCCCCn1cc(COc2cc3c(cc2OC)C(=O)N2CCC[C@H]2C=N3)nn1. The number of methoxy groups -OCH3 is 2. The van der Waals surface area contributed by atoms with Gasteiger partial charge in [0, 0.05) is 25.4 Å².